The van der Waals surface area contributed by atoms with Gasteiger partial charge in [-0.1, -0.05) is 6.07 Å². The van der Waals surface area contributed by atoms with Crippen molar-refractivity contribution >= 4 is 28.5 Å². The van der Waals surface area contributed by atoms with Gasteiger partial charge >= 0.3 is 5.69 Å². The van der Waals surface area contributed by atoms with Crippen LogP contribution in [-0.4, -0.2) is 71.7 Å². The summed E-state index contributed by atoms with van der Waals surface area (Å²) in [7, 11) is 0. The molecule has 0 aliphatic carbocycles. The van der Waals surface area contributed by atoms with Crippen molar-refractivity contribution in [3.05, 3.63) is 28.7 Å². The molecule has 4 aliphatic rings. The van der Waals surface area contributed by atoms with Gasteiger partial charge in [-0.05, 0) is 82.5 Å². The van der Waals surface area contributed by atoms with Gasteiger partial charge in [-0.3, -0.25) is 24.0 Å². The lowest BCUT2D eigenvalue weighted by atomic mass is 9.73. The van der Waals surface area contributed by atoms with Crippen molar-refractivity contribution in [1.29, 1.82) is 0 Å². The van der Waals surface area contributed by atoms with E-state index in [0.717, 1.165) is 42.7 Å². The molecule has 4 saturated heterocycles. The number of para-hydroxylation sites is 1. The van der Waals surface area contributed by atoms with E-state index >= 15 is 0 Å². The van der Waals surface area contributed by atoms with Crippen molar-refractivity contribution < 1.29 is 9.59 Å². The number of benzene rings is 1. The minimum Gasteiger partial charge on any atom is -0.370 e. The van der Waals surface area contributed by atoms with E-state index in [4.69, 9.17) is 0 Å². The molecule has 0 bridgehead atoms. The number of imidazole rings is 1. The third-order valence-corrected chi connectivity index (χ3v) is 9.33. The Kier molecular flexibility index (Phi) is 6.39. The molecule has 1 aromatic heterocycles. The van der Waals surface area contributed by atoms with Crippen LogP contribution in [0.1, 0.15) is 64.5 Å². The van der Waals surface area contributed by atoms with Crippen molar-refractivity contribution in [3.8, 4) is 0 Å². The van der Waals surface area contributed by atoms with Crippen LogP contribution in [0.4, 0.5) is 5.69 Å². The van der Waals surface area contributed by atoms with E-state index in [1.54, 1.807) is 4.57 Å². The van der Waals surface area contributed by atoms with Gasteiger partial charge in [-0.25, -0.2) is 4.79 Å². The Hall–Kier alpha value is -2.65. The first-order valence-electron chi connectivity index (χ1n) is 14.1. The molecule has 200 valence electrons. The maximum atomic E-state index is 13.7. The van der Waals surface area contributed by atoms with Crippen molar-refractivity contribution in [2.45, 2.75) is 64.5 Å². The Morgan fingerprint density at radius 2 is 1.73 bits per heavy atom. The van der Waals surface area contributed by atoms with Crippen LogP contribution in [0.25, 0.3) is 11.0 Å². The van der Waals surface area contributed by atoms with Gasteiger partial charge in [0.1, 0.15) is 6.04 Å². The molecule has 1 aromatic carbocycles. The second-order valence-corrected chi connectivity index (χ2v) is 12.1. The third-order valence-electron chi connectivity index (χ3n) is 9.33. The van der Waals surface area contributed by atoms with Gasteiger partial charge in [0.25, 0.3) is 0 Å². The Labute approximate surface area is 218 Å². The van der Waals surface area contributed by atoms with Gasteiger partial charge in [0.2, 0.25) is 11.8 Å². The molecule has 0 radical (unpaired) electrons. The molecule has 37 heavy (non-hydrogen) atoms. The number of piperidine rings is 3. The zero-order chi connectivity index (χ0) is 25.7. The maximum Gasteiger partial charge on any atom is 0.330 e. The number of hydrogen-bond donors (Lipinski definition) is 2. The fourth-order valence-corrected chi connectivity index (χ4v) is 7.00. The highest BCUT2D eigenvalue weighted by Crippen LogP contribution is 2.37. The lowest BCUT2D eigenvalue weighted by Gasteiger charge is -2.49. The lowest BCUT2D eigenvalue weighted by Crippen LogP contribution is -2.58. The Morgan fingerprint density at radius 3 is 2.35 bits per heavy atom. The minimum atomic E-state index is -0.659. The Bertz CT molecular complexity index is 1240. The lowest BCUT2D eigenvalue weighted by molar-refractivity contribution is -0.135. The Morgan fingerprint density at radius 1 is 1.00 bits per heavy atom. The SMILES string of the molecule is CC(C)n1c(=O)n(C2CCC(=O)NC2=O)c2cccc(N3CCC(CN4CCC5(CC4)CNC5)CC3)c21. The van der Waals surface area contributed by atoms with E-state index in [1.807, 2.05) is 30.5 Å². The summed E-state index contributed by atoms with van der Waals surface area (Å²) in [6.07, 6.45) is 5.57. The van der Waals surface area contributed by atoms with E-state index in [0.29, 0.717) is 17.8 Å². The monoisotopic (exact) mass is 508 g/mol. The van der Waals surface area contributed by atoms with Gasteiger partial charge < -0.3 is 15.1 Å². The van der Waals surface area contributed by atoms with E-state index in [2.05, 4.69) is 26.5 Å². The van der Waals surface area contributed by atoms with Gasteiger partial charge in [0.05, 0.1) is 16.7 Å². The van der Waals surface area contributed by atoms with E-state index < -0.39 is 6.04 Å². The number of carbonyl (C=O) groups excluding carboxylic acids is 2. The van der Waals surface area contributed by atoms with Crippen LogP contribution in [0, 0.1) is 11.3 Å². The number of hydrogen-bond acceptors (Lipinski definition) is 6. The average molecular weight is 509 g/mol. The number of amides is 2. The molecule has 6 rings (SSSR count). The number of aromatic nitrogens is 2. The van der Waals surface area contributed by atoms with Gasteiger partial charge in [0, 0.05) is 45.2 Å². The fraction of sp³-hybridized carbons (Fsp3) is 0.679. The summed E-state index contributed by atoms with van der Waals surface area (Å²) in [5.41, 5.74) is 3.17. The predicted molar refractivity (Wildman–Crippen MR) is 144 cm³/mol. The maximum absolute atomic E-state index is 13.7. The molecule has 2 N–H and O–H groups in total. The van der Waals surface area contributed by atoms with Crippen molar-refractivity contribution in [1.82, 2.24) is 24.7 Å². The molecule has 1 unspecified atom stereocenters. The second-order valence-electron chi connectivity index (χ2n) is 12.1. The number of nitrogens with zero attached hydrogens (tertiary/aromatic N) is 4. The predicted octanol–water partition coefficient (Wildman–Crippen LogP) is 2.26. The highest BCUT2D eigenvalue weighted by atomic mass is 16.2. The summed E-state index contributed by atoms with van der Waals surface area (Å²) in [4.78, 5) is 43.2. The molecule has 4 fully saturated rings. The number of nitrogens with one attached hydrogen (secondary N) is 2. The van der Waals surface area contributed by atoms with Crippen LogP contribution in [0.15, 0.2) is 23.0 Å². The molecule has 5 heterocycles. The summed E-state index contributed by atoms with van der Waals surface area (Å²) in [5, 5.41) is 5.88. The summed E-state index contributed by atoms with van der Waals surface area (Å²) in [5.74, 6) is 0.0588. The molecule has 9 nitrogen and oxygen atoms in total. The Balaban J connectivity index is 1.21. The largest absolute Gasteiger partial charge is 0.370 e. The first-order valence-corrected chi connectivity index (χ1v) is 14.1. The fourth-order valence-electron chi connectivity index (χ4n) is 7.00. The topological polar surface area (TPSA) is 91.6 Å². The van der Waals surface area contributed by atoms with Crippen LogP contribution < -0.4 is 21.2 Å². The first-order chi connectivity index (χ1) is 17.8. The van der Waals surface area contributed by atoms with Crippen LogP contribution in [0.2, 0.25) is 0 Å². The molecule has 9 heteroatoms. The summed E-state index contributed by atoms with van der Waals surface area (Å²) in [6, 6.07) is 5.35. The molecular weight excluding hydrogens is 468 g/mol. The number of imide groups is 1. The van der Waals surface area contributed by atoms with Crippen LogP contribution in [0.3, 0.4) is 0 Å². The summed E-state index contributed by atoms with van der Waals surface area (Å²) >= 11 is 0. The van der Waals surface area contributed by atoms with Crippen molar-refractivity contribution in [2.24, 2.45) is 11.3 Å². The smallest absolute Gasteiger partial charge is 0.330 e. The summed E-state index contributed by atoms with van der Waals surface area (Å²) < 4.78 is 3.45. The average Bonchev–Trinajstić information content (AvgIpc) is 3.16. The van der Waals surface area contributed by atoms with Crippen LogP contribution in [0.5, 0.6) is 0 Å². The second kappa shape index (κ2) is 9.58. The van der Waals surface area contributed by atoms with E-state index in [-0.39, 0.29) is 30.0 Å². The third kappa shape index (κ3) is 4.40. The molecule has 1 atom stereocenters. The zero-order valence-electron chi connectivity index (χ0n) is 22.2. The number of rotatable bonds is 5. The van der Waals surface area contributed by atoms with Gasteiger partial charge in [-0.15, -0.1) is 0 Å². The van der Waals surface area contributed by atoms with Crippen LogP contribution >= 0.6 is 0 Å². The van der Waals surface area contributed by atoms with E-state index in [1.165, 1.54) is 45.6 Å². The molecule has 4 aliphatic heterocycles. The molecule has 2 amide bonds. The normalized spacial score (nSPS) is 25.2. The summed E-state index contributed by atoms with van der Waals surface area (Å²) in [6.45, 7) is 12.1. The van der Waals surface area contributed by atoms with Gasteiger partial charge in [0.15, 0.2) is 0 Å². The van der Waals surface area contributed by atoms with Gasteiger partial charge in [-0.2, -0.15) is 0 Å². The number of fused-ring (bicyclic) bond motifs is 1. The molecular formula is C28H40N6O3. The van der Waals surface area contributed by atoms with Crippen LogP contribution in [-0.2, 0) is 9.59 Å². The number of carbonyl (C=O) groups is 2. The highest BCUT2D eigenvalue weighted by Gasteiger charge is 2.40. The minimum absolute atomic E-state index is 0.0449. The highest BCUT2D eigenvalue weighted by molar-refractivity contribution is 6.00. The molecule has 2 aromatic rings. The quantitative estimate of drug-likeness (QED) is 0.602. The molecule has 1 spiro atoms. The first kappa shape index (κ1) is 24.7. The number of likely N-dealkylation sites (tertiary alicyclic amines) is 1. The standard InChI is InChI=1S/C28H40N6O3/c1-19(2)33-25-21(4-3-5-22(25)34(27(33)37)23-6-7-24(35)30-26(23)36)32-12-8-20(9-13-32)16-31-14-10-28(11-15-31)17-29-18-28/h3-5,19-20,23,29H,6-18H2,1-2H3,(H,30,35,36). The van der Waals surface area contributed by atoms with Crippen molar-refractivity contribution in [3.63, 3.8) is 0 Å². The zero-order valence-corrected chi connectivity index (χ0v) is 22.2. The number of anilines is 1. The van der Waals surface area contributed by atoms with Crippen molar-refractivity contribution in [2.75, 3.05) is 50.7 Å². The molecule has 0 saturated carbocycles. The van der Waals surface area contributed by atoms with E-state index in [9.17, 15) is 14.4 Å².